The fourth-order valence-electron chi connectivity index (χ4n) is 5.46. The highest BCUT2D eigenvalue weighted by atomic mass is 16.5. The summed E-state index contributed by atoms with van der Waals surface area (Å²) in [5, 5.41) is 6.55. The molecule has 2 saturated heterocycles. The van der Waals surface area contributed by atoms with Gasteiger partial charge in [-0.05, 0) is 79.9 Å². The summed E-state index contributed by atoms with van der Waals surface area (Å²) in [5.74, 6) is 1.45. The third-order valence-electron chi connectivity index (χ3n) is 7.42. The molecule has 3 aromatic rings. The van der Waals surface area contributed by atoms with Crippen molar-refractivity contribution in [2.45, 2.75) is 31.8 Å². The topological polar surface area (TPSA) is 91.8 Å². The fraction of sp³-hybridized carbons (Fsp3) is 0.414. The van der Waals surface area contributed by atoms with Crippen LogP contribution in [-0.4, -0.2) is 72.8 Å². The summed E-state index contributed by atoms with van der Waals surface area (Å²) >= 11 is 0. The fourth-order valence-corrected chi connectivity index (χ4v) is 5.46. The summed E-state index contributed by atoms with van der Waals surface area (Å²) in [5.41, 5.74) is 5.14. The summed E-state index contributed by atoms with van der Waals surface area (Å²) in [4.78, 5) is 27.1. The first kappa shape index (κ1) is 24.6. The highest BCUT2D eigenvalue weighted by Gasteiger charge is 2.31. The van der Waals surface area contributed by atoms with E-state index in [0.29, 0.717) is 25.6 Å². The van der Waals surface area contributed by atoms with Gasteiger partial charge in [-0.3, -0.25) is 9.69 Å². The second-order valence-corrected chi connectivity index (χ2v) is 9.98. The molecule has 0 saturated carbocycles. The quantitative estimate of drug-likeness (QED) is 0.509. The van der Waals surface area contributed by atoms with E-state index in [-0.39, 0.29) is 11.9 Å². The Morgan fingerprint density at radius 1 is 0.947 bits per heavy atom. The summed E-state index contributed by atoms with van der Waals surface area (Å²) < 4.78 is 11.5. The Labute approximate surface area is 223 Å². The normalized spacial score (nSPS) is 20.7. The van der Waals surface area contributed by atoms with Crippen molar-refractivity contribution in [1.82, 2.24) is 20.2 Å². The van der Waals surface area contributed by atoms with Crippen LogP contribution < -0.4 is 20.3 Å². The molecule has 2 aromatic carbocycles. The second-order valence-electron chi connectivity index (χ2n) is 9.98. The number of hydrogen-bond acceptors (Lipinski definition) is 8. The highest BCUT2D eigenvalue weighted by Crippen LogP contribution is 2.31. The van der Waals surface area contributed by atoms with Gasteiger partial charge in [0.05, 0.1) is 31.6 Å². The molecule has 6 bridgehead atoms. The van der Waals surface area contributed by atoms with Gasteiger partial charge < -0.3 is 25.0 Å². The van der Waals surface area contributed by atoms with Crippen LogP contribution in [0, 0.1) is 0 Å². The lowest BCUT2D eigenvalue weighted by atomic mass is 10.1. The van der Waals surface area contributed by atoms with Crippen LogP contribution >= 0.6 is 0 Å². The number of carbonyl (C=O) groups is 1. The van der Waals surface area contributed by atoms with E-state index in [1.54, 1.807) is 6.20 Å². The minimum Gasteiger partial charge on any atom is -0.494 e. The van der Waals surface area contributed by atoms with Crippen LogP contribution in [0.15, 0.2) is 54.7 Å². The van der Waals surface area contributed by atoms with Crippen LogP contribution in [0.25, 0.3) is 11.3 Å². The molecule has 0 aliphatic carbocycles. The average molecular weight is 515 g/mol. The maximum Gasteiger partial charge on any atom is 0.237 e. The number of ether oxygens (including phenoxy) is 2. The number of nitrogens with zero attached hydrogens (tertiary/aromatic N) is 4. The number of rotatable bonds is 1. The van der Waals surface area contributed by atoms with Gasteiger partial charge in [0.2, 0.25) is 11.9 Å². The van der Waals surface area contributed by atoms with Gasteiger partial charge in [-0.1, -0.05) is 0 Å². The van der Waals surface area contributed by atoms with Crippen LogP contribution in [0.4, 0.5) is 17.3 Å². The highest BCUT2D eigenvalue weighted by molar-refractivity contribution is 5.82. The van der Waals surface area contributed by atoms with E-state index in [1.165, 1.54) is 11.3 Å². The molecule has 9 heteroatoms. The molecule has 9 nitrogen and oxygen atoms in total. The number of carbonyl (C=O) groups excluding carboxylic acids is 1. The van der Waals surface area contributed by atoms with Crippen molar-refractivity contribution >= 4 is 23.2 Å². The smallest absolute Gasteiger partial charge is 0.237 e. The third kappa shape index (κ3) is 5.58. The molecule has 4 aliphatic rings. The maximum atomic E-state index is 13.1. The monoisotopic (exact) mass is 514 g/mol. The van der Waals surface area contributed by atoms with Crippen LogP contribution in [0.5, 0.6) is 5.75 Å². The standard InChI is InChI=1S/C29H34N6O3/c36-28-27-3-1-13-35(27)20-22-19-23(6-9-26(22)34-14-17-37-18-15-34)32-29-31-12-10-25(33-29)21-4-7-24(8-5-21)38-16-2-11-30-28/h4-10,12,19,27H,1-3,11,13-18,20H2,(H,30,36)(H,31,32,33)/t27-/m0/s1. The van der Waals surface area contributed by atoms with E-state index in [2.05, 4.69) is 43.6 Å². The Morgan fingerprint density at radius 3 is 2.68 bits per heavy atom. The number of benzene rings is 2. The van der Waals surface area contributed by atoms with Gasteiger partial charge in [0.25, 0.3) is 0 Å². The Kier molecular flexibility index (Phi) is 7.37. The second kappa shape index (κ2) is 11.4. The minimum absolute atomic E-state index is 0.105. The van der Waals surface area contributed by atoms with Crippen molar-refractivity contribution < 1.29 is 14.3 Å². The van der Waals surface area contributed by atoms with E-state index in [1.807, 2.05) is 30.3 Å². The summed E-state index contributed by atoms with van der Waals surface area (Å²) in [6.45, 7) is 5.91. The van der Waals surface area contributed by atoms with Gasteiger partial charge >= 0.3 is 0 Å². The Hall–Kier alpha value is -3.69. The first-order valence-electron chi connectivity index (χ1n) is 13.5. The first-order chi connectivity index (χ1) is 18.7. The maximum absolute atomic E-state index is 13.1. The third-order valence-corrected chi connectivity index (χ3v) is 7.42. The zero-order chi connectivity index (χ0) is 25.7. The average Bonchev–Trinajstić information content (AvgIpc) is 3.42. The van der Waals surface area contributed by atoms with E-state index in [0.717, 1.165) is 74.8 Å². The van der Waals surface area contributed by atoms with Gasteiger partial charge in [0.15, 0.2) is 0 Å². The van der Waals surface area contributed by atoms with Crippen molar-refractivity contribution in [3.63, 3.8) is 0 Å². The molecule has 1 atom stereocenters. The van der Waals surface area contributed by atoms with Gasteiger partial charge in [0.1, 0.15) is 5.75 Å². The van der Waals surface area contributed by atoms with Crippen LogP contribution in [0.1, 0.15) is 24.8 Å². The van der Waals surface area contributed by atoms with Crippen molar-refractivity contribution in [1.29, 1.82) is 0 Å². The summed E-state index contributed by atoms with van der Waals surface area (Å²) in [6.07, 6.45) is 4.42. The molecule has 4 aliphatic heterocycles. The molecule has 198 valence electrons. The predicted molar refractivity (Wildman–Crippen MR) is 147 cm³/mol. The zero-order valence-corrected chi connectivity index (χ0v) is 21.6. The number of nitrogens with one attached hydrogen (secondary N) is 2. The minimum atomic E-state index is -0.122. The molecular formula is C29H34N6O3. The molecule has 38 heavy (non-hydrogen) atoms. The molecule has 0 radical (unpaired) electrons. The van der Waals surface area contributed by atoms with Crippen LogP contribution in [0.3, 0.4) is 0 Å². The van der Waals surface area contributed by atoms with Crippen LogP contribution in [0.2, 0.25) is 0 Å². The Balaban J connectivity index is 1.34. The van der Waals surface area contributed by atoms with Crippen molar-refractivity contribution in [3.05, 3.63) is 60.3 Å². The number of fused-ring (bicyclic) bond motifs is 7. The molecule has 7 rings (SSSR count). The number of anilines is 3. The van der Waals surface area contributed by atoms with Gasteiger partial charge in [-0.15, -0.1) is 0 Å². The number of amides is 1. The molecule has 2 fully saturated rings. The number of morpholine rings is 1. The van der Waals surface area contributed by atoms with E-state index < -0.39 is 0 Å². The molecule has 0 spiro atoms. The number of aromatic nitrogens is 2. The molecular weight excluding hydrogens is 480 g/mol. The van der Waals surface area contributed by atoms with Crippen LogP contribution in [-0.2, 0) is 16.1 Å². The van der Waals surface area contributed by atoms with Crippen molar-refractivity contribution in [2.75, 3.05) is 56.2 Å². The Bertz CT molecular complexity index is 1260. The van der Waals surface area contributed by atoms with Gasteiger partial charge in [-0.25, -0.2) is 9.97 Å². The lowest BCUT2D eigenvalue weighted by molar-refractivity contribution is -0.125. The van der Waals surface area contributed by atoms with E-state index >= 15 is 0 Å². The van der Waals surface area contributed by atoms with E-state index in [9.17, 15) is 4.79 Å². The summed E-state index contributed by atoms with van der Waals surface area (Å²) in [7, 11) is 0. The molecule has 0 unspecified atom stereocenters. The predicted octanol–water partition coefficient (Wildman–Crippen LogP) is 3.59. The molecule has 2 N–H and O–H groups in total. The first-order valence-corrected chi connectivity index (χ1v) is 13.5. The molecule has 1 amide bonds. The SMILES string of the molecule is O=C1NCCCOc2ccc(cc2)-c2ccnc(n2)Nc2ccc(N3CCOCC3)c(c2)CN2CCC[C@@H]12. The van der Waals surface area contributed by atoms with Crippen molar-refractivity contribution in [2.24, 2.45) is 0 Å². The number of hydrogen-bond donors (Lipinski definition) is 2. The van der Waals surface area contributed by atoms with Gasteiger partial charge in [-0.2, -0.15) is 0 Å². The summed E-state index contributed by atoms with van der Waals surface area (Å²) in [6, 6.07) is 16.1. The Morgan fingerprint density at radius 2 is 1.82 bits per heavy atom. The van der Waals surface area contributed by atoms with Crippen molar-refractivity contribution in [3.8, 4) is 17.0 Å². The molecule has 5 heterocycles. The van der Waals surface area contributed by atoms with Gasteiger partial charge in [0, 0.05) is 49.3 Å². The lowest BCUT2D eigenvalue weighted by Crippen LogP contribution is -2.43. The lowest BCUT2D eigenvalue weighted by Gasteiger charge is -2.32. The zero-order valence-electron chi connectivity index (χ0n) is 21.6. The molecule has 1 aromatic heterocycles. The largest absolute Gasteiger partial charge is 0.494 e. The van der Waals surface area contributed by atoms with E-state index in [4.69, 9.17) is 14.5 Å².